The largest absolute Gasteiger partial charge is 0.325 e. The van der Waals surface area contributed by atoms with Crippen LogP contribution in [0.1, 0.15) is 22.8 Å². The lowest BCUT2D eigenvalue weighted by molar-refractivity contribution is -0.115. The molecule has 7 heteroatoms. The van der Waals surface area contributed by atoms with Crippen LogP contribution in [0.4, 0.5) is 15.8 Å². The zero-order valence-electron chi connectivity index (χ0n) is 16.4. The second-order valence-electron chi connectivity index (χ2n) is 6.65. The number of thioether (sulfide) groups is 1. The van der Waals surface area contributed by atoms with Crippen LogP contribution in [-0.4, -0.2) is 17.1 Å². The zero-order valence-corrected chi connectivity index (χ0v) is 18.0. The predicted octanol–water partition coefficient (Wildman–Crippen LogP) is 6.16. The molecule has 3 rings (SSSR count). The second kappa shape index (κ2) is 9.78. The Morgan fingerprint density at radius 3 is 2.30 bits per heavy atom. The van der Waals surface area contributed by atoms with E-state index >= 15 is 0 Å². The van der Waals surface area contributed by atoms with Crippen LogP contribution in [0.3, 0.4) is 0 Å². The van der Waals surface area contributed by atoms with Gasteiger partial charge < -0.3 is 10.6 Å². The van der Waals surface area contributed by atoms with Crippen LogP contribution in [0.5, 0.6) is 0 Å². The maximum absolute atomic E-state index is 13.0. The second-order valence-corrected chi connectivity index (χ2v) is 8.47. The number of amides is 2. The van der Waals surface area contributed by atoms with Crippen LogP contribution >= 0.6 is 23.4 Å². The van der Waals surface area contributed by atoms with Gasteiger partial charge in [-0.3, -0.25) is 9.59 Å². The molecule has 30 heavy (non-hydrogen) atoms. The first-order valence-electron chi connectivity index (χ1n) is 9.23. The van der Waals surface area contributed by atoms with Gasteiger partial charge in [-0.1, -0.05) is 17.7 Å². The maximum atomic E-state index is 13.0. The summed E-state index contributed by atoms with van der Waals surface area (Å²) in [4.78, 5) is 25.6. The van der Waals surface area contributed by atoms with Crippen LogP contribution in [0, 0.1) is 12.7 Å². The van der Waals surface area contributed by atoms with E-state index in [0.717, 1.165) is 10.5 Å². The SMILES string of the molecule is Cc1c(Cl)cccc1NC(=O)C(C)Sc1ccc(NC(=O)c2ccc(F)cc2)cc1. The Labute approximate surface area is 183 Å². The van der Waals surface area contributed by atoms with E-state index in [1.165, 1.54) is 36.0 Å². The summed E-state index contributed by atoms with van der Waals surface area (Å²) in [6.07, 6.45) is 0. The molecule has 1 atom stereocenters. The van der Waals surface area contributed by atoms with Crippen LogP contribution in [0.25, 0.3) is 0 Å². The minimum Gasteiger partial charge on any atom is -0.325 e. The van der Waals surface area contributed by atoms with Crippen LogP contribution in [0.2, 0.25) is 5.02 Å². The molecule has 0 heterocycles. The molecule has 3 aromatic rings. The Kier molecular flexibility index (Phi) is 7.13. The molecular formula is C23H20ClFN2O2S. The standard InChI is InChI=1S/C23H20ClFN2O2S/c1-14-20(24)4-3-5-21(14)27-22(28)15(2)30-19-12-10-18(11-13-19)26-23(29)16-6-8-17(25)9-7-16/h3-13,15H,1-2H3,(H,26,29)(H,27,28). The Bertz CT molecular complexity index is 1060. The molecule has 0 aliphatic heterocycles. The van der Waals surface area contributed by atoms with Gasteiger partial charge in [0.25, 0.3) is 5.91 Å². The highest BCUT2D eigenvalue weighted by Gasteiger charge is 2.16. The lowest BCUT2D eigenvalue weighted by Crippen LogP contribution is -2.22. The molecule has 0 radical (unpaired) electrons. The lowest BCUT2D eigenvalue weighted by Gasteiger charge is -2.14. The Morgan fingerprint density at radius 2 is 1.63 bits per heavy atom. The molecule has 0 spiro atoms. The highest BCUT2D eigenvalue weighted by Crippen LogP contribution is 2.27. The molecule has 3 aromatic carbocycles. The van der Waals surface area contributed by atoms with Crippen molar-refractivity contribution in [2.24, 2.45) is 0 Å². The van der Waals surface area contributed by atoms with Crippen molar-refractivity contribution < 1.29 is 14.0 Å². The van der Waals surface area contributed by atoms with E-state index in [1.807, 2.05) is 32.0 Å². The monoisotopic (exact) mass is 442 g/mol. The number of carbonyl (C=O) groups is 2. The molecule has 154 valence electrons. The molecule has 4 nitrogen and oxygen atoms in total. The van der Waals surface area contributed by atoms with Crippen molar-refractivity contribution in [3.63, 3.8) is 0 Å². The quantitative estimate of drug-likeness (QED) is 0.449. The summed E-state index contributed by atoms with van der Waals surface area (Å²) < 4.78 is 13.0. The van der Waals surface area contributed by atoms with Gasteiger partial charge in [0.2, 0.25) is 5.91 Å². The number of nitrogens with one attached hydrogen (secondary N) is 2. The van der Waals surface area contributed by atoms with Crippen LogP contribution < -0.4 is 10.6 Å². The van der Waals surface area contributed by atoms with Gasteiger partial charge in [0.15, 0.2) is 0 Å². The number of anilines is 2. The van der Waals surface area contributed by atoms with Crippen molar-refractivity contribution >= 4 is 46.6 Å². The third-order valence-electron chi connectivity index (χ3n) is 4.43. The Morgan fingerprint density at radius 1 is 0.967 bits per heavy atom. The molecular weight excluding hydrogens is 423 g/mol. The third kappa shape index (κ3) is 5.62. The van der Waals surface area contributed by atoms with Gasteiger partial charge in [-0.25, -0.2) is 4.39 Å². The van der Waals surface area contributed by atoms with Crippen molar-refractivity contribution in [1.29, 1.82) is 0 Å². The number of carbonyl (C=O) groups excluding carboxylic acids is 2. The molecule has 0 aromatic heterocycles. The van der Waals surface area contributed by atoms with Crippen molar-refractivity contribution in [1.82, 2.24) is 0 Å². The lowest BCUT2D eigenvalue weighted by atomic mass is 10.2. The molecule has 2 N–H and O–H groups in total. The number of halogens is 2. The van der Waals surface area contributed by atoms with Gasteiger partial charge in [0.05, 0.1) is 5.25 Å². The Hall–Kier alpha value is -2.83. The van der Waals surface area contributed by atoms with Gasteiger partial charge in [-0.05, 0) is 80.1 Å². The third-order valence-corrected chi connectivity index (χ3v) is 5.95. The molecule has 0 aliphatic rings. The molecule has 0 saturated heterocycles. The molecule has 1 unspecified atom stereocenters. The summed E-state index contributed by atoms with van der Waals surface area (Å²) in [5, 5.41) is 5.94. The fourth-order valence-electron chi connectivity index (χ4n) is 2.66. The van der Waals surface area contributed by atoms with Gasteiger partial charge in [0.1, 0.15) is 5.82 Å². The summed E-state index contributed by atoms with van der Waals surface area (Å²) in [5.74, 6) is -0.837. The van der Waals surface area contributed by atoms with E-state index in [9.17, 15) is 14.0 Å². The summed E-state index contributed by atoms with van der Waals surface area (Å²) in [5.41, 5.74) is 2.50. The van der Waals surface area contributed by atoms with Crippen molar-refractivity contribution in [2.45, 2.75) is 24.0 Å². The van der Waals surface area contributed by atoms with E-state index in [0.29, 0.717) is 22.0 Å². The average molecular weight is 443 g/mol. The topological polar surface area (TPSA) is 58.2 Å². The highest BCUT2D eigenvalue weighted by molar-refractivity contribution is 8.00. The minimum absolute atomic E-state index is 0.126. The maximum Gasteiger partial charge on any atom is 0.255 e. The average Bonchev–Trinajstić information content (AvgIpc) is 2.73. The predicted molar refractivity (Wildman–Crippen MR) is 121 cm³/mol. The van der Waals surface area contributed by atoms with Crippen molar-refractivity contribution in [3.8, 4) is 0 Å². The smallest absolute Gasteiger partial charge is 0.255 e. The van der Waals surface area contributed by atoms with E-state index in [2.05, 4.69) is 10.6 Å². The fraction of sp³-hybridized carbons (Fsp3) is 0.130. The molecule has 0 fully saturated rings. The number of rotatable bonds is 6. The number of hydrogen-bond acceptors (Lipinski definition) is 3. The first kappa shape index (κ1) is 21.9. The highest BCUT2D eigenvalue weighted by atomic mass is 35.5. The fourth-order valence-corrected chi connectivity index (χ4v) is 3.70. The molecule has 0 saturated carbocycles. The summed E-state index contributed by atoms with van der Waals surface area (Å²) >= 11 is 7.51. The van der Waals surface area contributed by atoms with E-state index < -0.39 is 5.82 Å². The van der Waals surface area contributed by atoms with E-state index in [-0.39, 0.29) is 17.1 Å². The summed E-state index contributed by atoms with van der Waals surface area (Å²) in [6, 6.07) is 17.9. The molecule has 2 amide bonds. The van der Waals surface area contributed by atoms with E-state index in [4.69, 9.17) is 11.6 Å². The first-order valence-corrected chi connectivity index (χ1v) is 10.5. The Balaban J connectivity index is 1.58. The minimum atomic E-state index is -0.392. The first-order chi connectivity index (χ1) is 14.3. The van der Waals surface area contributed by atoms with Crippen LogP contribution in [-0.2, 0) is 4.79 Å². The van der Waals surface area contributed by atoms with Gasteiger partial charge in [0, 0.05) is 26.9 Å². The zero-order chi connectivity index (χ0) is 21.7. The molecule has 0 aliphatic carbocycles. The van der Waals surface area contributed by atoms with Crippen LogP contribution in [0.15, 0.2) is 71.6 Å². The van der Waals surface area contributed by atoms with Crippen molar-refractivity contribution in [2.75, 3.05) is 10.6 Å². The van der Waals surface area contributed by atoms with Gasteiger partial charge in [-0.2, -0.15) is 0 Å². The van der Waals surface area contributed by atoms with Gasteiger partial charge in [-0.15, -0.1) is 11.8 Å². The summed E-state index contributed by atoms with van der Waals surface area (Å²) in [7, 11) is 0. The number of benzene rings is 3. The normalized spacial score (nSPS) is 11.6. The number of hydrogen-bond donors (Lipinski definition) is 2. The van der Waals surface area contributed by atoms with E-state index in [1.54, 1.807) is 24.3 Å². The van der Waals surface area contributed by atoms with Gasteiger partial charge >= 0.3 is 0 Å². The summed E-state index contributed by atoms with van der Waals surface area (Å²) in [6.45, 7) is 3.68. The van der Waals surface area contributed by atoms with Crippen molar-refractivity contribution in [3.05, 3.63) is 88.7 Å². The molecule has 0 bridgehead atoms.